The van der Waals surface area contributed by atoms with Gasteiger partial charge in [-0.05, 0) is 68.1 Å². The van der Waals surface area contributed by atoms with Crippen molar-refractivity contribution in [1.82, 2.24) is 0 Å². The van der Waals surface area contributed by atoms with Crippen molar-refractivity contribution in [2.75, 3.05) is 17.7 Å². The Labute approximate surface area is 157 Å². The summed E-state index contributed by atoms with van der Waals surface area (Å²) in [5.74, 6) is -1.07. The maximum Gasteiger partial charge on any atom is 0.337 e. The summed E-state index contributed by atoms with van der Waals surface area (Å²) < 4.78 is 4.65. The van der Waals surface area contributed by atoms with Crippen molar-refractivity contribution in [3.8, 4) is 0 Å². The second-order valence-electron chi connectivity index (χ2n) is 6.88. The van der Waals surface area contributed by atoms with Gasteiger partial charge in [0.15, 0.2) is 0 Å². The normalized spacial score (nSPS) is 14.2. The number of hydrogen-bond donors (Lipinski definition) is 2. The third kappa shape index (κ3) is 3.84. The van der Waals surface area contributed by atoms with E-state index in [-0.39, 0.29) is 11.8 Å². The monoisotopic (exact) mass is 366 g/mol. The quantitative estimate of drug-likeness (QED) is 0.627. The Morgan fingerprint density at radius 2 is 1.56 bits per heavy atom. The molecule has 1 aliphatic rings. The van der Waals surface area contributed by atoms with Gasteiger partial charge >= 0.3 is 5.97 Å². The van der Waals surface area contributed by atoms with Gasteiger partial charge in [0.05, 0.1) is 12.7 Å². The van der Waals surface area contributed by atoms with Gasteiger partial charge in [-0.25, -0.2) is 4.79 Å². The second kappa shape index (κ2) is 7.23. The highest BCUT2D eigenvalue weighted by Crippen LogP contribution is 2.47. The summed E-state index contributed by atoms with van der Waals surface area (Å²) in [5, 5.41) is 5.66. The van der Waals surface area contributed by atoms with Gasteiger partial charge in [-0.3, -0.25) is 9.59 Å². The first-order valence-corrected chi connectivity index (χ1v) is 8.74. The number of anilines is 2. The fourth-order valence-corrected chi connectivity index (χ4v) is 2.85. The van der Waals surface area contributed by atoms with Crippen LogP contribution in [0.3, 0.4) is 0 Å². The van der Waals surface area contributed by atoms with E-state index in [4.69, 9.17) is 0 Å². The van der Waals surface area contributed by atoms with Crippen LogP contribution in [-0.4, -0.2) is 24.9 Å². The Balaban J connectivity index is 1.69. The summed E-state index contributed by atoms with van der Waals surface area (Å²) in [4.78, 5) is 36.9. The van der Waals surface area contributed by atoms with Crippen LogP contribution in [0.25, 0.3) is 0 Å². The number of benzene rings is 2. The Morgan fingerprint density at radius 1 is 0.926 bits per heavy atom. The molecule has 1 fully saturated rings. The van der Waals surface area contributed by atoms with Crippen molar-refractivity contribution >= 4 is 29.2 Å². The number of methoxy groups -OCH3 is 1. The number of ether oxygens (including phenoxy) is 1. The number of carbonyl (C=O) groups excluding carboxylic acids is 3. The molecule has 0 aromatic heterocycles. The predicted molar refractivity (Wildman–Crippen MR) is 103 cm³/mol. The molecule has 0 unspecified atom stereocenters. The van der Waals surface area contributed by atoms with E-state index in [1.54, 1.807) is 24.3 Å². The lowest BCUT2D eigenvalue weighted by molar-refractivity contribution is -0.131. The van der Waals surface area contributed by atoms with Crippen LogP contribution < -0.4 is 10.6 Å². The van der Waals surface area contributed by atoms with Crippen molar-refractivity contribution in [3.05, 3.63) is 59.2 Å². The predicted octanol–water partition coefficient (Wildman–Crippen LogP) is 3.45. The molecule has 0 saturated heterocycles. The number of esters is 1. The van der Waals surface area contributed by atoms with Crippen LogP contribution >= 0.6 is 0 Å². The number of nitrogens with one attached hydrogen (secondary N) is 2. The molecule has 2 N–H and O–H groups in total. The van der Waals surface area contributed by atoms with E-state index in [1.807, 2.05) is 32.0 Å². The van der Waals surface area contributed by atoms with Crippen molar-refractivity contribution in [2.24, 2.45) is 5.41 Å². The van der Waals surface area contributed by atoms with E-state index in [9.17, 15) is 14.4 Å². The number of carbonyl (C=O) groups is 3. The highest BCUT2D eigenvalue weighted by molar-refractivity contribution is 6.17. The van der Waals surface area contributed by atoms with Crippen molar-refractivity contribution in [3.63, 3.8) is 0 Å². The molecule has 0 bridgehead atoms. The largest absolute Gasteiger partial charge is 0.465 e. The third-order valence-electron chi connectivity index (χ3n) is 4.82. The molecule has 0 heterocycles. The van der Waals surface area contributed by atoms with Gasteiger partial charge in [0.25, 0.3) is 0 Å². The van der Waals surface area contributed by atoms with E-state index in [1.165, 1.54) is 7.11 Å². The van der Waals surface area contributed by atoms with E-state index in [0.717, 1.165) is 16.8 Å². The van der Waals surface area contributed by atoms with E-state index in [2.05, 4.69) is 15.4 Å². The van der Waals surface area contributed by atoms with Gasteiger partial charge in [-0.15, -0.1) is 0 Å². The van der Waals surface area contributed by atoms with Gasteiger partial charge in [0.1, 0.15) is 5.41 Å². The van der Waals surface area contributed by atoms with E-state index in [0.29, 0.717) is 24.1 Å². The average Bonchev–Trinajstić information content (AvgIpc) is 3.47. The average molecular weight is 366 g/mol. The number of rotatable bonds is 5. The first-order valence-electron chi connectivity index (χ1n) is 8.74. The van der Waals surface area contributed by atoms with E-state index >= 15 is 0 Å². The van der Waals surface area contributed by atoms with Crippen LogP contribution in [0.15, 0.2) is 42.5 Å². The van der Waals surface area contributed by atoms with Crippen molar-refractivity contribution < 1.29 is 19.1 Å². The fraction of sp³-hybridized carbons (Fsp3) is 0.286. The van der Waals surface area contributed by atoms with Gasteiger partial charge < -0.3 is 15.4 Å². The van der Waals surface area contributed by atoms with Crippen LogP contribution in [0.4, 0.5) is 11.4 Å². The molecule has 0 spiro atoms. The Bertz CT molecular complexity index is 899. The highest BCUT2D eigenvalue weighted by atomic mass is 16.5. The molecule has 140 valence electrons. The molecule has 0 radical (unpaired) electrons. The maximum atomic E-state index is 12.7. The third-order valence-corrected chi connectivity index (χ3v) is 4.82. The SMILES string of the molecule is COC(=O)c1ccc(NC(=O)C2(C(=O)Nc3cc(C)ccc3C)CC2)cc1. The minimum Gasteiger partial charge on any atom is -0.465 e. The smallest absolute Gasteiger partial charge is 0.337 e. The lowest BCUT2D eigenvalue weighted by Crippen LogP contribution is -2.35. The lowest BCUT2D eigenvalue weighted by atomic mass is 10.0. The summed E-state index contributed by atoms with van der Waals surface area (Å²) >= 11 is 0. The fourth-order valence-electron chi connectivity index (χ4n) is 2.85. The molecule has 1 saturated carbocycles. The molecule has 3 rings (SSSR count). The number of aryl methyl sites for hydroxylation is 2. The lowest BCUT2D eigenvalue weighted by Gasteiger charge is -2.17. The molecule has 1 aliphatic carbocycles. The Hall–Kier alpha value is -3.15. The number of amides is 2. The number of hydrogen-bond acceptors (Lipinski definition) is 4. The molecule has 6 heteroatoms. The van der Waals surface area contributed by atoms with Crippen molar-refractivity contribution in [2.45, 2.75) is 26.7 Å². The Kier molecular flexibility index (Phi) is 4.99. The zero-order valence-corrected chi connectivity index (χ0v) is 15.6. The summed E-state index contributed by atoms with van der Waals surface area (Å²) in [6.07, 6.45) is 1.02. The van der Waals surface area contributed by atoms with Crippen LogP contribution in [0.5, 0.6) is 0 Å². The summed E-state index contributed by atoms with van der Waals surface area (Å²) in [6, 6.07) is 12.2. The highest BCUT2D eigenvalue weighted by Gasteiger charge is 2.56. The topological polar surface area (TPSA) is 84.5 Å². The summed E-state index contributed by atoms with van der Waals surface area (Å²) in [7, 11) is 1.31. The molecular formula is C21H22N2O4. The second-order valence-corrected chi connectivity index (χ2v) is 6.88. The van der Waals surface area contributed by atoms with Crippen LogP contribution in [0.1, 0.15) is 34.3 Å². The molecule has 2 amide bonds. The van der Waals surface area contributed by atoms with Crippen LogP contribution in [-0.2, 0) is 14.3 Å². The first-order chi connectivity index (χ1) is 12.9. The molecule has 6 nitrogen and oxygen atoms in total. The molecule has 2 aromatic rings. The molecule has 2 aromatic carbocycles. The zero-order chi connectivity index (χ0) is 19.6. The standard InChI is InChI=1S/C21H22N2O4/c1-13-4-5-14(2)17(12-13)23-20(26)21(10-11-21)19(25)22-16-8-6-15(7-9-16)18(24)27-3/h4-9,12H,10-11H2,1-3H3,(H,22,25)(H,23,26). The maximum absolute atomic E-state index is 12.7. The molecular weight excluding hydrogens is 344 g/mol. The van der Waals surface area contributed by atoms with Gasteiger partial charge in [0.2, 0.25) is 11.8 Å². The molecule has 0 aliphatic heterocycles. The zero-order valence-electron chi connectivity index (χ0n) is 15.6. The molecule has 0 atom stereocenters. The minimum absolute atomic E-state index is 0.292. The summed E-state index contributed by atoms with van der Waals surface area (Å²) in [6.45, 7) is 3.87. The van der Waals surface area contributed by atoms with Gasteiger partial charge in [0, 0.05) is 11.4 Å². The summed E-state index contributed by atoms with van der Waals surface area (Å²) in [5.41, 5.74) is 2.58. The first kappa shape index (κ1) is 18.6. The van der Waals surface area contributed by atoms with Crippen LogP contribution in [0.2, 0.25) is 0 Å². The van der Waals surface area contributed by atoms with Crippen LogP contribution in [0, 0.1) is 19.3 Å². The molecule has 27 heavy (non-hydrogen) atoms. The Morgan fingerprint density at radius 3 is 2.15 bits per heavy atom. The van der Waals surface area contributed by atoms with Gasteiger partial charge in [-0.1, -0.05) is 12.1 Å². The van der Waals surface area contributed by atoms with E-state index < -0.39 is 11.4 Å². The minimum atomic E-state index is -1.04. The van der Waals surface area contributed by atoms with Gasteiger partial charge in [-0.2, -0.15) is 0 Å². The van der Waals surface area contributed by atoms with Crippen molar-refractivity contribution in [1.29, 1.82) is 0 Å².